The molecule has 1 aromatic rings. The average Bonchev–Trinajstić information content (AvgIpc) is 3.66. The maximum Gasteiger partial charge on any atom is 0.338 e. The van der Waals surface area contributed by atoms with Crippen LogP contribution in [0.3, 0.4) is 0 Å². The van der Waals surface area contributed by atoms with Gasteiger partial charge >= 0.3 is 5.97 Å². The van der Waals surface area contributed by atoms with Crippen LogP contribution in [0.1, 0.15) is 51.7 Å². The summed E-state index contributed by atoms with van der Waals surface area (Å²) in [6.07, 6.45) is 1.10. The minimum atomic E-state index is -1.02. The highest BCUT2D eigenvalue weighted by Gasteiger charge is 2.52. The summed E-state index contributed by atoms with van der Waals surface area (Å²) >= 11 is 0. The number of nitrogens with one attached hydrogen (secondary N) is 3. The summed E-state index contributed by atoms with van der Waals surface area (Å²) in [5.74, 6) is -1.06. The zero-order chi connectivity index (χ0) is 27.8. The van der Waals surface area contributed by atoms with Crippen molar-refractivity contribution >= 4 is 29.3 Å². The van der Waals surface area contributed by atoms with Crippen molar-refractivity contribution in [2.75, 3.05) is 26.7 Å². The Hall–Kier alpha value is -3.40. The molecular weight excluding hydrogens is 488 g/mol. The lowest BCUT2D eigenvalue weighted by Gasteiger charge is -2.25. The van der Waals surface area contributed by atoms with Crippen LogP contribution < -0.4 is 16.0 Å². The molecule has 1 fully saturated rings. The Morgan fingerprint density at radius 3 is 2.47 bits per heavy atom. The quantitative estimate of drug-likeness (QED) is 0.201. The third kappa shape index (κ3) is 8.31. The summed E-state index contributed by atoms with van der Waals surface area (Å²) in [5, 5.41) is 8.35. The van der Waals surface area contributed by atoms with E-state index in [0.29, 0.717) is 24.5 Å². The highest BCUT2D eigenvalue weighted by Crippen LogP contribution is 2.26. The Balaban J connectivity index is 1.41. The number of hydrogen-bond acceptors (Lipinski definition) is 7. The Kier molecular flexibility index (Phi) is 10.3. The maximum absolute atomic E-state index is 12.7. The molecule has 3 rings (SSSR count). The van der Waals surface area contributed by atoms with Gasteiger partial charge in [-0.15, -0.1) is 0 Å². The second-order valence-electron chi connectivity index (χ2n) is 10.7. The van der Waals surface area contributed by atoms with Gasteiger partial charge < -0.3 is 30.3 Å². The molecule has 2 aliphatic heterocycles. The number of esters is 1. The minimum Gasteiger partial charge on any atom is -0.462 e. The van der Waals surface area contributed by atoms with Crippen LogP contribution >= 0.6 is 0 Å². The van der Waals surface area contributed by atoms with Gasteiger partial charge in [0.2, 0.25) is 5.91 Å². The molecule has 10 heteroatoms. The summed E-state index contributed by atoms with van der Waals surface area (Å²) in [7, 11) is 1.90. The number of epoxide rings is 1. The number of carbonyl (C=O) groups excluding carboxylic acids is 4. The van der Waals surface area contributed by atoms with Crippen LogP contribution in [0, 0.1) is 11.8 Å². The Bertz CT molecular complexity index is 1050. The molecule has 3 N–H and O–H groups in total. The second-order valence-corrected chi connectivity index (χ2v) is 10.7. The van der Waals surface area contributed by atoms with Crippen molar-refractivity contribution in [2.24, 2.45) is 11.8 Å². The first-order valence-electron chi connectivity index (χ1n) is 13.3. The smallest absolute Gasteiger partial charge is 0.338 e. The van der Waals surface area contributed by atoms with Crippen LogP contribution in [0.2, 0.25) is 0 Å². The van der Waals surface area contributed by atoms with Gasteiger partial charge in [-0.25, -0.2) is 4.79 Å². The van der Waals surface area contributed by atoms with E-state index < -0.39 is 30.1 Å². The number of amides is 3. The van der Waals surface area contributed by atoms with Gasteiger partial charge in [-0.05, 0) is 35.8 Å². The number of fused-ring (bicyclic) bond motifs is 1. The van der Waals surface area contributed by atoms with Crippen molar-refractivity contribution in [3.05, 3.63) is 41.6 Å². The molecule has 0 radical (unpaired) electrons. The molecule has 10 nitrogen and oxygen atoms in total. The molecule has 1 aromatic carbocycles. The second kappa shape index (κ2) is 13.4. The largest absolute Gasteiger partial charge is 0.462 e. The third-order valence-electron chi connectivity index (χ3n) is 6.30. The molecule has 0 spiro atoms. The van der Waals surface area contributed by atoms with E-state index in [1.807, 2.05) is 50.1 Å². The highest BCUT2D eigenvalue weighted by atomic mass is 16.6. The molecule has 2 heterocycles. The monoisotopic (exact) mass is 528 g/mol. The fourth-order valence-electron chi connectivity index (χ4n) is 4.25. The summed E-state index contributed by atoms with van der Waals surface area (Å²) < 4.78 is 10.4. The zero-order valence-corrected chi connectivity index (χ0v) is 22.9. The molecule has 2 aliphatic rings. The van der Waals surface area contributed by atoms with Crippen molar-refractivity contribution in [1.82, 2.24) is 20.9 Å². The van der Waals surface area contributed by atoms with Gasteiger partial charge in [-0.3, -0.25) is 14.4 Å². The van der Waals surface area contributed by atoms with Crippen LogP contribution in [-0.4, -0.2) is 73.6 Å². The third-order valence-corrected chi connectivity index (χ3v) is 6.30. The summed E-state index contributed by atoms with van der Waals surface area (Å²) in [6, 6.07) is 7.02. The lowest BCUT2D eigenvalue weighted by Crippen LogP contribution is -2.49. The van der Waals surface area contributed by atoms with Gasteiger partial charge in [0.15, 0.2) is 12.2 Å². The van der Waals surface area contributed by atoms with Crippen molar-refractivity contribution in [3.8, 4) is 0 Å². The van der Waals surface area contributed by atoms with Crippen molar-refractivity contribution in [3.63, 3.8) is 0 Å². The fraction of sp³-hybridized carbons (Fsp3) is 0.571. The maximum atomic E-state index is 12.7. The van der Waals surface area contributed by atoms with Crippen LogP contribution in [0.25, 0.3) is 5.57 Å². The Morgan fingerprint density at radius 1 is 1.03 bits per heavy atom. The van der Waals surface area contributed by atoms with Crippen LogP contribution in [-0.2, 0) is 35.2 Å². The molecule has 3 atom stereocenters. The van der Waals surface area contributed by atoms with E-state index in [2.05, 4.69) is 29.8 Å². The van der Waals surface area contributed by atoms with Gasteiger partial charge in [0.1, 0.15) is 12.6 Å². The SMILES string of the molecule is CC(C)CCNC(=O)C(CC(C)C)NC(=O)C1OC1C(=O)OCCNC(=O)C1=CN(C)Cc2ccccc21. The Labute approximate surface area is 224 Å². The lowest BCUT2D eigenvalue weighted by molar-refractivity contribution is -0.145. The molecule has 0 saturated carbocycles. The number of hydrogen-bond donors (Lipinski definition) is 3. The lowest BCUT2D eigenvalue weighted by atomic mass is 9.96. The average molecular weight is 529 g/mol. The number of benzene rings is 1. The summed E-state index contributed by atoms with van der Waals surface area (Å²) in [4.78, 5) is 52.2. The van der Waals surface area contributed by atoms with Gasteiger partial charge in [-0.2, -0.15) is 0 Å². The van der Waals surface area contributed by atoms with E-state index in [1.54, 1.807) is 6.20 Å². The van der Waals surface area contributed by atoms with E-state index >= 15 is 0 Å². The van der Waals surface area contributed by atoms with Gasteiger partial charge in [0, 0.05) is 26.3 Å². The summed E-state index contributed by atoms with van der Waals surface area (Å²) in [5.41, 5.74) is 2.49. The van der Waals surface area contributed by atoms with E-state index in [4.69, 9.17) is 9.47 Å². The number of carbonyl (C=O) groups is 4. The molecule has 0 aromatic heterocycles. The van der Waals surface area contributed by atoms with Crippen molar-refractivity contribution in [1.29, 1.82) is 0 Å². The predicted octanol–water partition coefficient (Wildman–Crippen LogP) is 1.59. The van der Waals surface area contributed by atoms with E-state index in [-0.39, 0.29) is 30.9 Å². The molecule has 3 unspecified atom stereocenters. The Morgan fingerprint density at radius 2 is 1.76 bits per heavy atom. The zero-order valence-electron chi connectivity index (χ0n) is 22.9. The van der Waals surface area contributed by atoms with E-state index in [1.165, 1.54) is 0 Å². The first-order valence-corrected chi connectivity index (χ1v) is 13.3. The molecule has 208 valence electrons. The number of ether oxygens (including phenoxy) is 2. The normalized spacial score (nSPS) is 18.8. The summed E-state index contributed by atoms with van der Waals surface area (Å²) in [6.45, 7) is 9.40. The number of rotatable bonds is 13. The fourth-order valence-corrected chi connectivity index (χ4v) is 4.25. The van der Waals surface area contributed by atoms with Crippen molar-refractivity contribution < 1.29 is 28.7 Å². The van der Waals surface area contributed by atoms with Crippen LogP contribution in [0.15, 0.2) is 30.5 Å². The molecule has 0 bridgehead atoms. The molecule has 1 saturated heterocycles. The molecule has 38 heavy (non-hydrogen) atoms. The predicted molar refractivity (Wildman–Crippen MR) is 142 cm³/mol. The molecular formula is C28H40N4O6. The van der Waals surface area contributed by atoms with Gasteiger partial charge in [-0.1, -0.05) is 52.0 Å². The molecule has 3 amide bonds. The van der Waals surface area contributed by atoms with E-state index in [0.717, 1.165) is 24.1 Å². The number of nitrogens with zero attached hydrogens (tertiary/aromatic N) is 1. The standard InChI is InChI=1S/C28H40N4O6/c1-17(2)10-11-29-26(34)22(14-18(3)4)31-27(35)23-24(38-23)28(36)37-13-12-30-25(33)21-16-32(5)15-19-8-6-7-9-20(19)21/h6-9,16-18,22-24H,10-15H2,1-5H3,(H,29,34)(H,30,33)(H,31,35). The van der Waals surface area contributed by atoms with Crippen LogP contribution in [0.5, 0.6) is 0 Å². The minimum absolute atomic E-state index is 0.0578. The highest BCUT2D eigenvalue weighted by molar-refractivity contribution is 6.20. The first-order chi connectivity index (χ1) is 18.1. The van der Waals surface area contributed by atoms with Crippen molar-refractivity contribution in [2.45, 2.75) is 65.3 Å². The first kappa shape index (κ1) is 29.2. The topological polar surface area (TPSA) is 129 Å². The van der Waals surface area contributed by atoms with Crippen LogP contribution in [0.4, 0.5) is 0 Å². The van der Waals surface area contributed by atoms with Gasteiger partial charge in [0.05, 0.1) is 12.1 Å². The van der Waals surface area contributed by atoms with Gasteiger partial charge in [0.25, 0.3) is 11.8 Å². The molecule has 0 aliphatic carbocycles. The van der Waals surface area contributed by atoms with E-state index in [9.17, 15) is 19.2 Å².